The minimum Gasteiger partial charge on any atom is -0.493 e. The molecule has 0 aliphatic heterocycles. The molecule has 0 heterocycles. The molecular formula is C21H29NO3. The molecule has 0 saturated carbocycles. The average molecular weight is 343 g/mol. The highest BCUT2D eigenvalue weighted by atomic mass is 16.5. The molecule has 0 aromatic heterocycles. The zero-order valence-corrected chi connectivity index (χ0v) is 15.9. The molecule has 0 spiro atoms. The number of methoxy groups -OCH3 is 1. The lowest BCUT2D eigenvalue weighted by atomic mass is 9.86. The third kappa shape index (κ3) is 5.13. The van der Waals surface area contributed by atoms with Gasteiger partial charge >= 0.3 is 0 Å². The van der Waals surface area contributed by atoms with Crippen LogP contribution < -0.4 is 19.9 Å². The van der Waals surface area contributed by atoms with Crippen molar-refractivity contribution < 1.29 is 14.2 Å². The summed E-state index contributed by atoms with van der Waals surface area (Å²) in [5.41, 5.74) is 9.10. The first kappa shape index (κ1) is 19.1. The molecule has 0 atom stereocenters. The zero-order chi connectivity index (χ0) is 18.4. The molecule has 2 aromatic rings. The van der Waals surface area contributed by atoms with Crippen molar-refractivity contribution in [1.82, 2.24) is 0 Å². The monoisotopic (exact) mass is 343 g/mol. The SMILES string of the molecule is COc1ccc(CN)cc1OCCOc1cc(C)ccc1C(C)(C)C. The fourth-order valence-corrected chi connectivity index (χ4v) is 2.63. The second kappa shape index (κ2) is 8.26. The second-order valence-corrected chi connectivity index (χ2v) is 7.14. The summed E-state index contributed by atoms with van der Waals surface area (Å²) < 4.78 is 17.2. The van der Waals surface area contributed by atoms with Gasteiger partial charge in [0.15, 0.2) is 11.5 Å². The summed E-state index contributed by atoms with van der Waals surface area (Å²) >= 11 is 0. The highest BCUT2D eigenvalue weighted by molar-refractivity contribution is 5.43. The van der Waals surface area contributed by atoms with Gasteiger partial charge in [-0.3, -0.25) is 0 Å². The summed E-state index contributed by atoms with van der Waals surface area (Å²) in [6, 6.07) is 12.1. The summed E-state index contributed by atoms with van der Waals surface area (Å²) in [4.78, 5) is 0. The van der Waals surface area contributed by atoms with Crippen molar-refractivity contribution >= 4 is 0 Å². The van der Waals surface area contributed by atoms with Crippen LogP contribution in [0.5, 0.6) is 17.2 Å². The Bertz CT molecular complexity index is 705. The lowest BCUT2D eigenvalue weighted by Crippen LogP contribution is -2.16. The minimum atomic E-state index is 0.0303. The smallest absolute Gasteiger partial charge is 0.161 e. The first-order chi connectivity index (χ1) is 11.8. The van der Waals surface area contributed by atoms with Crippen LogP contribution >= 0.6 is 0 Å². The van der Waals surface area contributed by atoms with Gasteiger partial charge < -0.3 is 19.9 Å². The number of nitrogens with two attached hydrogens (primary N) is 1. The first-order valence-corrected chi connectivity index (χ1v) is 8.59. The lowest BCUT2D eigenvalue weighted by Gasteiger charge is -2.23. The first-order valence-electron chi connectivity index (χ1n) is 8.59. The van der Waals surface area contributed by atoms with Crippen molar-refractivity contribution in [2.75, 3.05) is 20.3 Å². The molecule has 2 rings (SSSR count). The third-order valence-corrected chi connectivity index (χ3v) is 4.01. The number of ether oxygens (including phenoxy) is 3. The molecule has 0 aliphatic rings. The molecule has 0 amide bonds. The topological polar surface area (TPSA) is 53.7 Å². The number of benzene rings is 2. The molecule has 136 valence electrons. The molecule has 4 heteroatoms. The third-order valence-electron chi connectivity index (χ3n) is 4.01. The van der Waals surface area contributed by atoms with Crippen molar-refractivity contribution in [1.29, 1.82) is 0 Å². The van der Waals surface area contributed by atoms with Crippen LogP contribution in [-0.2, 0) is 12.0 Å². The molecule has 0 fully saturated rings. The van der Waals surface area contributed by atoms with Gasteiger partial charge in [0, 0.05) is 6.54 Å². The summed E-state index contributed by atoms with van der Waals surface area (Å²) in [5.74, 6) is 2.30. The van der Waals surface area contributed by atoms with Gasteiger partial charge in [-0.05, 0) is 47.2 Å². The lowest BCUT2D eigenvalue weighted by molar-refractivity contribution is 0.208. The molecule has 25 heavy (non-hydrogen) atoms. The van der Waals surface area contributed by atoms with Gasteiger partial charge in [0.1, 0.15) is 19.0 Å². The van der Waals surface area contributed by atoms with E-state index in [1.165, 1.54) is 11.1 Å². The largest absolute Gasteiger partial charge is 0.493 e. The predicted octanol–water partition coefficient (Wildman–Crippen LogP) is 4.22. The van der Waals surface area contributed by atoms with E-state index in [0.29, 0.717) is 31.3 Å². The van der Waals surface area contributed by atoms with E-state index in [1.54, 1.807) is 7.11 Å². The summed E-state index contributed by atoms with van der Waals surface area (Å²) in [6.45, 7) is 9.98. The van der Waals surface area contributed by atoms with Crippen LogP contribution in [0.15, 0.2) is 36.4 Å². The van der Waals surface area contributed by atoms with Crippen LogP contribution in [0.1, 0.15) is 37.5 Å². The van der Waals surface area contributed by atoms with Gasteiger partial charge in [0.2, 0.25) is 0 Å². The molecular weight excluding hydrogens is 314 g/mol. The van der Waals surface area contributed by atoms with E-state index in [-0.39, 0.29) is 5.41 Å². The fourth-order valence-electron chi connectivity index (χ4n) is 2.63. The summed E-state index contributed by atoms with van der Waals surface area (Å²) in [6.07, 6.45) is 0. The maximum absolute atomic E-state index is 6.01. The van der Waals surface area contributed by atoms with Gasteiger partial charge in [-0.2, -0.15) is 0 Å². The van der Waals surface area contributed by atoms with Gasteiger partial charge in [-0.15, -0.1) is 0 Å². The van der Waals surface area contributed by atoms with E-state index in [1.807, 2.05) is 18.2 Å². The molecule has 4 nitrogen and oxygen atoms in total. The zero-order valence-electron chi connectivity index (χ0n) is 15.9. The van der Waals surface area contributed by atoms with Crippen LogP contribution in [0.4, 0.5) is 0 Å². The Morgan fingerprint density at radius 2 is 1.56 bits per heavy atom. The maximum atomic E-state index is 6.01. The van der Waals surface area contributed by atoms with Crippen LogP contribution in [0.2, 0.25) is 0 Å². The molecule has 0 bridgehead atoms. The van der Waals surface area contributed by atoms with Gasteiger partial charge in [0.25, 0.3) is 0 Å². The number of hydrogen-bond acceptors (Lipinski definition) is 4. The molecule has 0 aliphatic carbocycles. The standard InChI is InChI=1S/C21H29NO3/c1-15-6-8-17(21(2,3)4)19(12-15)24-10-11-25-20-13-16(14-22)7-9-18(20)23-5/h6-9,12-13H,10-11,14,22H2,1-5H3. The number of hydrogen-bond donors (Lipinski definition) is 1. The Hall–Kier alpha value is -2.20. The van der Waals surface area contributed by atoms with Crippen molar-refractivity contribution in [3.8, 4) is 17.2 Å². The summed E-state index contributed by atoms with van der Waals surface area (Å²) in [5, 5.41) is 0. The van der Waals surface area contributed by atoms with Crippen LogP contribution in [0.25, 0.3) is 0 Å². The summed E-state index contributed by atoms with van der Waals surface area (Å²) in [7, 11) is 1.63. The van der Waals surface area contributed by atoms with Gasteiger partial charge in [-0.1, -0.05) is 39.0 Å². The number of aryl methyl sites for hydroxylation is 1. The van der Waals surface area contributed by atoms with Crippen molar-refractivity contribution in [3.05, 3.63) is 53.1 Å². The Labute approximate surface area is 150 Å². The molecule has 2 N–H and O–H groups in total. The maximum Gasteiger partial charge on any atom is 0.161 e. The van der Waals surface area contributed by atoms with E-state index in [0.717, 1.165) is 11.3 Å². The Balaban J connectivity index is 2.02. The van der Waals surface area contributed by atoms with Gasteiger partial charge in [-0.25, -0.2) is 0 Å². The Kier molecular flexibility index (Phi) is 6.32. The quantitative estimate of drug-likeness (QED) is 0.765. The Morgan fingerprint density at radius 1 is 0.880 bits per heavy atom. The highest BCUT2D eigenvalue weighted by Gasteiger charge is 2.19. The second-order valence-electron chi connectivity index (χ2n) is 7.14. The van der Waals surface area contributed by atoms with E-state index in [9.17, 15) is 0 Å². The molecule has 2 aromatic carbocycles. The Morgan fingerprint density at radius 3 is 2.16 bits per heavy atom. The van der Waals surface area contributed by atoms with Crippen molar-refractivity contribution in [2.45, 2.75) is 39.7 Å². The van der Waals surface area contributed by atoms with E-state index >= 15 is 0 Å². The molecule has 0 radical (unpaired) electrons. The molecule has 0 saturated heterocycles. The van der Waals surface area contributed by atoms with Crippen LogP contribution in [0.3, 0.4) is 0 Å². The molecule has 0 unspecified atom stereocenters. The highest BCUT2D eigenvalue weighted by Crippen LogP contribution is 2.32. The van der Waals surface area contributed by atoms with Crippen LogP contribution in [-0.4, -0.2) is 20.3 Å². The average Bonchev–Trinajstić information content (AvgIpc) is 2.57. The van der Waals surface area contributed by atoms with E-state index < -0.39 is 0 Å². The minimum absolute atomic E-state index is 0.0303. The van der Waals surface area contributed by atoms with Crippen molar-refractivity contribution in [3.63, 3.8) is 0 Å². The van der Waals surface area contributed by atoms with Gasteiger partial charge in [0.05, 0.1) is 7.11 Å². The van der Waals surface area contributed by atoms with E-state index in [2.05, 4.69) is 45.9 Å². The normalized spacial score (nSPS) is 11.3. The van der Waals surface area contributed by atoms with Crippen molar-refractivity contribution in [2.24, 2.45) is 5.73 Å². The number of rotatable bonds is 7. The predicted molar refractivity (Wildman–Crippen MR) is 102 cm³/mol. The fraction of sp³-hybridized carbons (Fsp3) is 0.429. The van der Waals surface area contributed by atoms with Crippen LogP contribution in [0, 0.1) is 6.92 Å². The van der Waals surface area contributed by atoms with E-state index in [4.69, 9.17) is 19.9 Å².